The summed E-state index contributed by atoms with van der Waals surface area (Å²) < 4.78 is 0. The molecular weight excluding hydrogens is 288 g/mol. The van der Waals surface area contributed by atoms with Gasteiger partial charge in [0.1, 0.15) is 0 Å². The number of hydrogen-bond acceptors (Lipinski definition) is 2. The maximum absolute atomic E-state index is 11.9. The van der Waals surface area contributed by atoms with Crippen LogP contribution in [-0.2, 0) is 11.2 Å². The molecule has 114 valence electrons. The van der Waals surface area contributed by atoms with Crippen molar-refractivity contribution in [3.05, 3.63) is 35.9 Å². The Labute approximate surface area is 130 Å². The molecule has 1 aliphatic heterocycles. The maximum Gasteiger partial charge on any atom is 0.324 e. The summed E-state index contributed by atoms with van der Waals surface area (Å²) in [6.07, 6.45) is 3.19. The minimum absolute atomic E-state index is 0.178. The van der Waals surface area contributed by atoms with Crippen molar-refractivity contribution in [2.24, 2.45) is 5.92 Å². The molecule has 1 aliphatic rings. The third-order valence-electron chi connectivity index (χ3n) is 3.84. The smallest absolute Gasteiger partial charge is 0.324 e. The van der Waals surface area contributed by atoms with E-state index in [1.165, 1.54) is 5.56 Å². The minimum Gasteiger partial charge on any atom is -0.324 e. The molecule has 0 unspecified atom stereocenters. The van der Waals surface area contributed by atoms with Crippen LogP contribution in [0.15, 0.2) is 30.3 Å². The normalized spacial score (nSPS) is 15.8. The Hall–Kier alpha value is -1.55. The molecule has 0 saturated carbocycles. The third kappa shape index (κ3) is 5.05. The van der Waals surface area contributed by atoms with Crippen LogP contribution in [0.5, 0.6) is 0 Å². The molecule has 1 aromatic carbocycles. The van der Waals surface area contributed by atoms with E-state index in [0.29, 0.717) is 19.0 Å². The second-order valence-corrected chi connectivity index (χ2v) is 5.79. The largest absolute Gasteiger partial charge is 0.324 e. The Bertz CT molecular complexity index is 470. The molecular formula is C16H21ClN2O2. The number of nitrogens with one attached hydrogen (secondary N) is 1. The summed E-state index contributed by atoms with van der Waals surface area (Å²) in [4.78, 5) is 25.0. The number of imide groups is 1. The van der Waals surface area contributed by atoms with Crippen LogP contribution in [0.1, 0.15) is 24.8 Å². The van der Waals surface area contributed by atoms with Crippen molar-refractivity contribution in [3.63, 3.8) is 0 Å². The zero-order chi connectivity index (χ0) is 15.1. The first-order valence-electron chi connectivity index (χ1n) is 7.37. The van der Waals surface area contributed by atoms with Gasteiger partial charge in [-0.25, -0.2) is 4.79 Å². The van der Waals surface area contributed by atoms with Crippen LogP contribution in [0.2, 0.25) is 0 Å². The fourth-order valence-electron chi connectivity index (χ4n) is 2.63. The highest BCUT2D eigenvalue weighted by Gasteiger charge is 2.23. The van der Waals surface area contributed by atoms with Gasteiger partial charge in [-0.05, 0) is 30.7 Å². The van der Waals surface area contributed by atoms with Gasteiger partial charge in [0.05, 0.1) is 0 Å². The highest BCUT2D eigenvalue weighted by atomic mass is 35.5. The van der Waals surface area contributed by atoms with E-state index in [0.717, 1.165) is 19.3 Å². The first kappa shape index (κ1) is 15.8. The number of carbonyl (C=O) groups is 2. The summed E-state index contributed by atoms with van der Waals surface area (Å²) in [5.74, 6) is 0.537. The lowest BCUT2D eigenvalue weighted by Crippen LogP contribution is -2.46. The number of likely N-dealkylation sites (tertiary alicyclic amines) is 1. The number of carbonyl (C=O) groups excluding carboxylic acids is 2. The number of alkyl halides is 1. The van der Waals surface area contributed by atoms with Crippen molar-refractivity contribution in [3.8, 4) is 0 Å². The quantitative estimate of drug-likeness (QED) is 0.870. The van der Waals surface area contributed by atoms with E-state index in [4.69, 9.17) is 11.6 Å². The third-order valence-corrected chi connectivity index (χ3v) is 4.03. The lowest BCUT2D eigenvalue weighted by Gasteiger charge is -2.31. The Morgan fingerprint density at radius 3 is 2.48 bits per heavy atom. The molecule has 1 aromatic rings. The monoisotopic (exact) mass is 308 g/mol. The fourth-order valence-corrected chi connectivity index (χ4v) is 2.81. The van der Waals surface area contributed by atoms with Crippen molar-refractivity contribution >= 4 is 23.5 Å². The molecule has 0 aliphatic carbocycles. The number of amides is 3. The van der Waals surface area contributed by atoms with Gasteiger partial charge in [0.25, 0.3) is 0 Å². The molecule has 0 spiro atoms. The summed E-state index contributed by atoms with van der Waals surface area (Å²) in [6, 6.07) is 10.1. The second-order valence-electron chi connectivity index (χ2n) is 5.41. The highest BCUT2D eigenvalue weighted by molar-refractivity contribution is 6.19. The summed E-state index contributed by atoms with van der Waals surface area (Å²) in [7, 11) is 0. The molecule has 1 heterocycles. The molecule has 2 rings (SSSR count). The van der Waals surface area contributed by atoms with Crippen LogP contribution in [0.25, 0.3) is 0 Å². The highest BCUT2D eigenvalue weighted by Crippen LogP contribution is 2.21. The Kier molecular flexibility index (Phi) is 6.05. The van der Waals surface area contributed by atoms with Gasteiger partial charge in [-0.15, -0.1) is 11.6 Å². The molecule has 21 heavy (non-hydrogen) atoms. The van der Waals surface area contributed by atoms with Crippen LogP contribution in [0.3, 0.4) is 0 Å². The van der Waals surface area contributed by atoms with E-state index in [9.17, 15) is 9.59 Å². The maximum atomic E-state index is 11.9. The van der Waals surface area contributed by atoms with Gasteiger partial charge < -0.3 is 4.90 Å². The molecule has 1 N–H and O–H groups in total. The van der Waals surface area contributed by atoms with Crippen molar-refractivity contribution < 1.29 is 9.59 Å². The fraction of sp³-hybridized carbons (Fsp3) is 0.500. The summed E-state index contributed by atoms with van der Waals surface area (Å²) in [6.45, 7) is 1.41. The summed E-state index contributed by atoms with van der Waals surface area (Å²) >= 11 is 5.48. The molecule has 3 amide bonds. The van der Waals surface area contributed by atoms with E-state index >= 15 is 0 Å². The van der Waals surface area contributed by atoms with Crippen molar-refractivity contribution in [2.75, 3.05) is 19.0 Å². The molecule has 5 heteroatoms. The molecule has 0 bridgehead atoms. The van der Waals surface area contributed by atoms with E-state index < -0.39 is 0 Å². The number of nitrogens with zero attached hydrogens (tertiary/aromatic N) is 1. The van der Waals surface area contributed by atoms with Crippen LogP contribution in [-0.4, -0.2) is 35.8 Å². The van der Waals surface area contributed by atoms with Gasteiger partial charge in [-0.3, -0.25) is 10.1 Å². The predicted octanol–water partition coefficient (Wildman–Crippen LogP) is 2.81. The van der Waals surface area contributed by atoms with Gasteiger partial charge >= 0.3 is 6.03 Å². The molecule has 4 nitrogen and oxygen atoms in total. The van der Waals surface area contributed by atoms with Gasteiger partial charge in [0, 0.05) is 25.4 Å². The number of urea groups is 1. The SMILES string of the molecule is O=C(CCCl)NC(=O)N1CCC(Cc2ccccc2)CC1. The molecule has 0 radical (unpaired) electrons. The van der Waals surface area contributed by atoms with Crippen molar-refractivity contribution in [2.45, 2.75) is 25.7 Å². The average molecular weight is 309 g/mol. The van der Waals surface area contributed by atoms with E-state index in [-0.39, 0.29) is 24.2 Å². The predicted molar refractivity (Wildman–Crippen MR) is 83.3 cm³/mol. The van der Waals surface area contributed by atoms with Crippen LogP contribution < -0.4 is 5.32 Å². The standard InChI is InChI=1S/C16H21ClN2O2/c17-9-6-15(20)18-16(21)19-10-7-14(8-11-19)12-13-4-2-1-3-5-13/h1-5,14H,6-12H2,(H,18,20,21). The first-order valence-corrected chi connectivity index (χ1v) is 7.91. The van der Waals surface area contributed by atoms with Gasteiger partial charge in [-0.1, -0.05) is 30.3 Å². The van der Waals surface area contributed by atoms with E-state index in [2.05, 4.69) is 29.6 Å². The van der Waals surface area contributed by atoms with Gasteiger partial charge in [0.2, 0.25) is 5.91 Å². The summed E-state index contributed by atoms with van der Waals surface area (Å²) in [5, 5.41) is 2.38. The van der Waals surface area contributed by atoms with Crippen molar-refractivity contribution in [1.29, 1.82) is 0 Å². The first-order chi connectivity index (χ1) is 10.2. The second kappa shape index (κ2) is 8.03. The Morgan fingerprint density at radius 1 is 1.19 bits per heavy atom. The van der Waals surface area contributed by atoms with Crippen LogP contribution in [0, 0.1) is 5.92 Å². The van der Waals surface area contributed by atoms with Gasteiger partial charge in [0.15, 0.2) is 0 Å². The Balaban J connectivity index is 1.75. The zero-order valence-corrected chi connectivity index (χ0v) is 12.8. The molecule has 1 fully saturated rings. The number of piperidine rings is 1. The Morgan fingerprint density at radius 2 is 1.86 bits per heavy atom. The van der Waals surface area contributed by atoms with Crippen molar-refractivity contribution in [1.82, 2.24) is 10.2 Å². The average Bonchev–Trinajstić information content (AvgIpc) is 2.49. The topological polar surface area (TPSA) is 49.4 Å². The number of hydrogen-bond donors (Lipinski definition) is 1. The zero-order valence-electron chi connectivity index (χ0n) is 12.1. The number of benzene rings is 1. The van der Waals surface area contributed by atoms with Crippen LogP contribution >= 0.6 is 11.6 Å². The lowest BCUT2D eigenvalue weighted by molar-refractivity contribution is -0.119. The summed E-state index contributed by atoms with van der Waals surface area (Å²) in [5.41, 5.74) is 1.35. The number of rotatable bonds is 4. The minimum atomic E-state index is -0.304. The van der Waals surface area contributed by atoms with Gasteiger partial charge in [-0.2, -0.15) is 0 Å². The molecule has 0 atom stereocenters. The molecule has 0 aromatic heterocycles. The number of halogens is 1. The van der Waals surface area contributed by atoms with Crippen LogP contribution in [0.4, 0.5) is 4.79 Å². The van der Waals surface area contributed by atoms with E-state index in [1.807, 2.05) is 6.07 Å². The van der Waals surface area contributed by atoms with E-state index in [1.54, 1.807) is 4.90 Å². The lowest BCUT2D eigenvalue weighted by atomic mass is 9.90. The molecule has 1 saturated heterocycles.